The summed E-state index contributed by atoms with van der Waals surface area (Å²) in [7, 11) is -3.76. The minimum atomic E-state index is -3.76. The van der Waals surface area contributed by atoms with Crippen LogP contribution >= 0.6 is 15.9 Å². The Morgan fingerprint density at radius 3 is 2.72 bits per heavy atom. The van der Waals surface area contributed by atoms with Crippen molar-refractivity contribution in [3.63, 3.8) is 0 Å². The van der Waals surface area contributed by atoms with E-state index in [0.29, 0.717) is 30.5 Å². The molecule has 0 amide bonds. The third-order valence-corrected chi connectivity index (χ3v) is 7.34. The summed E-state index contributed by atoms with van der Waals surface area (Å²) in [5.41, 5.74) is 1.69. The minimum Gasteiger partial charge on any atom is -0.424 e. The smallest absolute Gasteiger partial charge is 0.322 e. The molecule has 8 nitrogen and oxygen atoms in total. The van der Waals surface area contributed by atoms with Crippen LogP contribution in [0.25, 0.3) is 10.9 Å². The molecule has 168 valence electrons. The first-order chi connectivity index (χ1) is 15.3. The Kier molecular flexibility index (Phi) is 6.36. The fourth-order valence-corrected chi connectivity index (χ4v) is 5.53. The molecule has 2 aromatic heterocycles. The van der Waals surface area contributed by atoms with E-state index in [1.165, 1.54) is 0 Å². The lowest BCUT2D eigenvalue weighted by molar-refractivity contribution is 0.408. The number of aromatic nitrogens is 4. The quantitative estimate of drug-likeness (QED) is 0.344. The van der Waals surface area contributed by atoms with Gasteiger partial charge < -0.3 is 9.72 Å². The van der Waals surface area contributed by atoms with Crippen molar-refractivity contribution in [2.24, 2.45) is 0 Å². The number of benzene rings is 2. The van der Waals surface area contributed by atoms with Crippen molar-refractivity contribution < 1.29 is 13.2 Å². The van der Waals surface area contributed by atoms with Gasteiger partial charge in [0.05, 0.1) is 10.9 Å². The fourth-order valence-electron chi connectivity index (χ4n) is 3.62. The van der Waals surface area contributed by atoms with Gasteiger partial charge in [0.25, 0.3) is 0 Å². The van der Waals surface area contributed by atoms with E-state index in [9.17, 15) is 8.42 Å². The van der Waals surface area contributed by atoms with Gasteiger partial charge >= 0.3 is 6.01 Å². The van der Waals surface area contributed by atoms with Crippen LogP contribution in [-0.4, -0.2) is 28.2 Å². The predicted molar refractivity (Wildman–Crippen MR) is 126 cm³/mol. The van der Waals surface area contributed by atoms with Crippen LogP contribution in [0.1, 0.15) is 38.2 Å². The SMILES string of the molecule is CCc1cc(Br)ccc1S(=O)(=O)N[C@H](C)c1nnc(Oc2ccc3cc[nH]c3c2)n1CC. The maximum Gasteiger partial charge on any atom is 0.322 e. The van der Waals surface area contributed by atoms with E-state index in [4.69, 9.17) is 4.74 Å². The van der Waals surface area contributed by atoms with Crippen LogP contribution in [0.3, 0.4) is 0 Å². The number of nitrogens with zero attached hydrogens (tertiary/aromatic N) is 3. The van der Waals surface area contributed by atoms with Crippen LogP contribution in [0.5, 0.6) is 11.8 Å². The number of hydrogen-bond donors (Lipinski definition) is 2. The second kappa shape index (κ2) is 9.05. The largest absolute Gasteiger partial charge is 0.424 e. The lowest BCUT2D eigenvalue weighted by atomic mass is 10.2. The molecule has 4 aromatic rings. The van der Waals surface area contributed by atoms with Crippen LogP contribution in [0.4, 0.5) is 0 Å². The Balaban J connectivity index is 1.59. The molecule has 1 atom stereocenters. The molecule has 0 spiro atoms. The first-order valence-corrected chi connectivity index (χ1v) is 12.6. The summed E-state index contributed by atoms with van der Waals surface area (Å²) >= 11 is 3.40. The van der Waals surface area contributed by atoms with Crippen molar-refractivity contribution in [3.05, 3.63) is 64.5 Å². The Hall–Kier alpha value is -2.69. The van der Waals surface area contributed by atoms with E-state index >= 15 is 0 Å². The molecule has 0 bridgehead atoms. The molecule has 0 saturated carbocycles. The molecule has 2 aromatic carbocycles. The zero-order chi connectivity index (χ0) is 22.9. The van der Waals surface area contributed by atoms with Gasteiger partial charge in [-0.25, -0.2) is 13.1 Å². The van der Waals surface area contributed by atoms with Crippen LogP contribution in [-0.2, 0) is 23.0 Å². The molecule has 4 rings (SSSR count). The number of aryl methyl sites for hydroxylation is 1. The number of halogens is 1. The topological polar surface area (TPSA) is 102 Å². The standard InChI is InChI=1S/C22H24BrN5O3S/c1-4-15-12-17(23)7-9-20(15)32(29,30)27-14(3)21-25-26-22(28(21)5-2)31-18-8-6-16-10-11-24-19(16)13-18/h6-14,24,27H,4-5H2,1-3H3/t14-/m1/s1. The minimum absolute atomic E-state index is 0.258. The lowest BCUT2D eigenvalue weighted by Gasteiger charge is -2.17. The highest BCUT2D eigenvalue weighted by molar-refractivity contribution is 9.10. The van der Waals surface area contributed by atoms with Crippen LogP contribution in [0.2, 0.25) is 0 Å². The lowest BCUT2D eigenvalue weighted by Crippen LogP contribution is -2.29. The second-order valence-electron chi connectivity index (χ2n) is 7.36. The van der Waals surface area contributed by atoms with Crippen molar-refractivity contribution in [1.82, 2.24) is 24.5 Å². The third-order valence-electron chi connectivity index (χ3n) is 5.21. The second-order valence-corrected chi connectivity index (χ2v) is 9.96. The maximum absolute atomic E-state index is 13.1. The average molecular weight is 518 g/mol. The molecule has 0 unspecified atom stereocenters. The van der Waals surface area contributed by atoms with Crippen molar-refractivity contribution in [1.29, 1.82) is 0 Å². The van der Waals surface area contributed by atoms with Crippen LogP contribution in [0.15, 0.2) is 58.0 Å². The van der Waals surface area contributed by atoms with Gasteiger partial charge in [-0.15, -0.1) is 5.10 Å². The monoisotopic (exact) mass is 517 g/mol. The molecular weight excluding hydrogens is 494 g/mol. The van der Waals surface area contributed by atoms with E-state index in [1.807, 2.05) is 50.4 Å². The fraction of sp³-hybridized carbons (Fsp3) is 0.273. The van der Waals surface area contributed by atoms with E-state index < -0.39 is 16.1 Å². The molecule has 10 heteroatoms. The molecule has 0 fully saturated rings. The summed E-state index contributed by atoms with van der Waals surface area (Å²) in [5, 5.41) is 9.46. The van der Waals surface area contributed by atoms with Gasteiger partial charge in [-0.1, -0.05) is 28.0 Å². The molecule has 0 saturated heterocycles. The number of hydrogen-bond acceptors (Lipinski definition) is 5. The van der Waals surface area contributed by atoms with Crippen LogP contribution in [0, 0.1) is 0 Å². The third kappa shape index (κ3) is 4.43. The Labute approximate surface area is 195 Å². The normalized spacial score (nSPS) is 12.9. The molecule has 0 radical (unpaired) electrons. The number of nitrogens with one attached hydrogen (secondary N) is 2. The number of fused-ring (bicyclic) bond motifs is 1. The van der Waals surface area contributed by atoms with Crippen LogP contribution < -0.4 is 9.46 Å². The van der Waals surface area contributed by atoms with Gasteiger partial charge in [-0.05, 0) is 67.6 Å². The zero-order valence-corrected chi connectivity index (χ0v) is 20.4. The van der Waals surface area contributed by atoms with E-state index in [1.54, 1.807) is 23.6 Å². The summed E-state index contributed by atoms with van der Waals surface area (Å²) in [4.78, 5) is 3.41. The van der Waals surface area contributed by atoms with Gasteiger partial charge in [0, 0.05) is 28.8 Å². The van der Waals surface area contributed by atoms with Gasteiger partial charge in [0.15, 0.2) is 5.82 Å². The molecule has 0 aliphatic rings. The van der Waals surface area contributed by atoms with Crippen molar-refractivity contribution >= 4 is 36.9 Å². The average Bonchev–Trinajstić information content (AvgIpc) is 3.39. The Morgan fingerprint density at radius 1 is 1.16 bits per heavy atom. The van der Waals surface area contributed by atoms with Gasteiger partial charge in [-0.3, -0.25) is 4.57 Å². The summed E-state index contributed by atoms with van der Waals surface area (Å²) < 4.78 is 37.5. The maximum atomic E-state index is 13.1. The number of rotatable bonds is 8. The van der Waals surface area contributed by atoms with Crippen molar-refractivity contribution in [2.45, 2.75) is 44.7 Å². The molecular formula is C22H24BrN5O3S. The first kappa shape index (κ1) is 22.5. The van der Waals surface area contributed by atoms with E-state index in [-0.39, 0.29) is 4.90 Å². The summed E-state index contributed by atoms with van der Waals surface area (Å²) in [6.07, 6.45) is 2.46. The Bertz CT molecular complexity index is 1360. The highest BCUT2D eigenvalue weighted by atomic mass is 79.9. The summed E-state index contributed by atoms with van der Waals surface area (Å²) in [6.45, 7) is 6.12. The van der Waals surface area contributed by atoms with Gasteiger partial charge in [-0.2, -0.15) is 0 Å². The first-order valence-electron chi connectivity index (χ1n) is 10.3. The number of aromatic amines is 1. The molecule has 32 heavy (non-hydrogen) atoms. The highest BCUT2D eigenvalue weighted by Crippen LogP contribution is 2.27. The highest BCUT2D eigenvalue weighted by Gasteiger charge is 2.25. The van der Waals surface area contributed by atoms with Gasteiger partial charge in [0.2, 0.25) is 10.0 Å². The summed E-state index contributed by atoms with van der Waals surface area (Å²) in [6, 6.07) is 12.5. The molecule has 2 N–H and O–H groups in total. The number of ether oxygens (including phenoxy) is 1. The zero-order valence-electron chi connectivity index (χ0n) is 18.0. The molecule has 0 aliphatic carbocycles. The Morgan fingerprint density at radius 2 is 1.97 bits per heavy atom. The van der Waals surface area contributed by atoms with Crippen molar-refractivity contribution in [2.75, 3.05) is 0 Å². The number of H-pyrrole nitrogens is 1. The molecule has 0 aliphatic heterocycles. The summed E-state index contributed by atoms with van der Waals surface area (Å²) in [5.74, 6) is 1.09. The van der Waals surface area contributed by atoms with E-state index in [0.717, 1.165) is 20.9 Å². The van der Waals surface area contributed by atoms with Gasteiger partial charge in [0.1, 0.15) is 5.75 Å². The molecule has 2 heterocycles. The van der Waals surface area contributed by atoms with Crippen molar-refractivity contribution in [3.8, 4) is 11.8 Å². The number of sulfonamides is 1. The predicted octanol–water partition coefficient (Wildman–Crippen LogP) is 4.94. The van der Waals surface area contributed by atoms with E-state index in [2.05, 4.69) is 35.8 Å².